The summed E-state index contributed by atoms with van der Waals surface area (Å²) in [5.41, 5.74) is 5.13. The summed E-state index contributed by atoms with van der Waals surface area (Å²) >= 11 is 0. The molecule has 0 fully saturated rings. The van der Waals surface area contributed by atoms with Crippen molar-refractivity contribution in [3.05, 3.63) is 35.1 Å². The highest BCUT2D eigenvalue weighted by Crippen LogP contribution is 2.19. The maximum atomic E-state index is 14.8. The molecule has 2 atom stereocenters. The maximum absolute atomic E-state index is 14.8. The van der Waals surface area contributed by atoms with Gasteiger partial charge in [-0.05, 0) is 72.6 Å². The number of esters is 2. The predicted octanol–water partition coefficient (Wildman–Crippen LogP) is 3.15. The van der Waals surface area contributed by atoms with Gasteiger partial charge in [-0.2, -0.15) is 0 Å². The number of hydrogen-bond donors (Lipinski definition) is 3. The van der Waals surface area contributed by atoms with Gasteiger partial charge in [0, 0.05) is 38.4 Å². The standard InChI is InChI=1S/C32H54FN3O10/c1-31(2,3)45-29(39)23-10-11-25(33)24(20-23)22-36(28(38)26(34)21-27(37)41-7)13-9-15-43-17-19-44-18-16-42-14-8-12-35-30(40)46-32(4,5)6/h10-11,20,26,28,38H,8-9,12-19,21-22,34H2,1-7H3,(H,35,40)/t26-,28-/m0/s1. The molecule has 0 unspecified atom stereocenters. The number of benzene rings is 1. The van der Waals surface area contributed by atoms with E-state index in [2.05, 4.69) is 10.1 Å². The summed E-state index contributed by atoms with van der Waals surface area (Å²) in [4.78, 5) is 37.4. The van der Waals surface area contributed by atoms with Crippen LogP contribution in [-0.4, -0.2) is 111 Å². The fourth-order valence-corrected chi connectivity index (χ4v) is 3.93. The molecule has 0 saturated carbocycles. The summed E-state index contributed by atoms with van der Waals surface area (Å²) in [7, 11) is 1.22. The lowest BCUT2D eigenvalue weighted by Gasteiger charge is -2.31. The number of aliphatic hydroxyl groups is 1. The molecule has 0 bridgehead atoms. The highest BCUT2D eigenvalue weighted by Gasteiger charge is 2.27. The van der Waals surface area contributed by atoms with E-state index in [1.165, 1.54) is 30.2 Å². The number of carbonyl (C=O) groups is 3. The smallest absolute Gasteiger partial charge is 0.407 e. The molecule has 264 valence electrons. The van der Waals surface area contributed by atoms with Crippen molar-refractivity contribution in [1.29, 1.82) is 0 Å². The average molecular weight is 660 g/mol. The highest BCUT2D eigenvalue weighted by molar-refractivity contribution is 5.89. The van der Waals surface area contributed by atoms with Gasteiger partial charge in [0.15, 0.2) is 0 Å². The Hall–Kier alpha value is -2.88. The lowest BCUT2D eigenvalue weighted by atomic mass is 10.1. The molecule has 1 rings (SSSR count). The predicted molar refractivity (Wildman–Crippen MR) is 169 cm³/mol. The fourth-order valence-electron chi connectivity index (χ4n) is 3.93. The molecule has 1 amide bonds. The third-order valence-electron chi connectivity index (χ3n) is 6.05. The number of nitrogens with zero attached hydrogens (tertiary/aromatic N) is 1. The minimum Gasteiger partial charge on any atom is -0.469 e. The Balaban J connectivity index is 2.48. The summed E-state index contributed by atoms with van der Waals surface area (Å²) in [6.45, 7) is 13.5. The van der Waals surface area contributed by atoms with Crippen LogP contribution in [0.15, 0.2) is 18.2 Å². The van der Waals surface area contributed by atoms with Crippen LogP contribution < -0.4 is 11.1 Å². The number of nitrogens with two attached hydrogens (primary N) is 1. The third kappa shape index (κ3) is 18.9. The second-order valence-electron chi connectivity index (χ2n) is 12.6. The highest BCUT2D eigenvalue weighted by atomic mass is 19.1. The van der Waals surface area contributed by atoms with Gasteiger partial charge in [0.1, 0.15) is 23.2 Å². The van der Waals surface area contributed by atoms with E-state index in [1.54, 1.807) is 41.5 Å². The fraction of sp³-hybridized carbons (Fsp3) is 0.719. The minimum absolute atomic E-state index is 0.0846. The minimum atomic E-state index is -1.31. The van der Waals surface area contributed by atoms with Crippen molar-refractivity contribution in [3.63, 3.8) is 0 Å². The van der Waals surface area contributed by atoms with Crippen molar-refractivity contribution in [2.45, 2.75) is 90.8 Å². The molecule has 14 heteroatoms. The molecule has 1 aromatic rings. The maximum Gasteiger partial charge on any atom is 0.407 e. The Morgan fingerprint density at radius 3 is 2.04 bits per heavy atom. The number of rotatable bonds is 21. The number of halogens is 1. The largest absolute Gasteiger partial charge is 0.469 e. The van der Waals surface area contributed by atoms with Gasteiger partial charge in [-0.3, -0.25) is 9.69 Å². The molecular formula is C32H54FN3O10. The van der Waals surface area contributed by atoms with Crippen molar-refractivity contribution in [2.24, 2.45) is 5.73 Å². The van der Waals surface area contributed by atoms with E-state index in [-0.39, 0.29) is 30.6 Å². The summed E-state index contributed by atoms with van der Waals surface area (Å²) < 4.78 is 46.6. The first kappa shape index (κ1) is 41.1. The summed E-state index contributed by atoms with van der Waals surface area (Å²) in [6.07, 6.45) is -0.907. The van der Waals surface area contributed by atoms with Crippen LogP contribution >= 0.6 is 0 Å². The van der Waals surface area contributed by atoms with Gasteiger partial charge in [0.2, 0.25) is 0 Å². The number of ether oxygens (including phenoxy) is 6. The van der Waals surface area contributed by atoms with Crippen molar-refractivity contribution < 1.29 is 52.3 Å². The topological polar surface area (TPSA) is 168 Å². The molecule has 0 spiro atoms. The number of alkyl carbamates (subject to hydrolysis) is 1. The number of nitrogens with one attached hydrogen (secondary N) is 1. The number of carbonyl (C=O) groups excluding carboxylic acids is 3. The number of methoxy groups -OCH3 is 1. The van der Waals surface area contributed by atoms with Crippen LogP contribution in [0.25, 0.3) is 0 Å². The lowest BCUT2D eigenvalue weighted by molar-refractivity contribution is -0.142. The Bertz CT molecular complexity index is 1060. The van der Waals surface area contributed by atoms with Crippen LogP contribution in [0.5, 0.6) is 0 Å². The SMILES string of the molecule is COC(=O)C[C@H](N)[C@H](O)N(CCCOCCOCCOCCCNC(=O)OC(C)(C)C)Cc1cc(C(=O)OC(C)(C)C)ccc1F. The van der Waals surface area contributed by atoms with Gasteiger partial charge in [-0.15, -0.1) is 0 Å². The van der Waals surface area contributed by atoms with Crippen LogP contribution in [0.1, 0.15) is 76.7 Å². The molecule has 46 heavy (non-hydrogen) atoms. The first-order valence-corrected chi connectivity index (χ1v) is 15.5. The van der Waals surface area contributed by atoms with E-state index in [9.17, 15) is 23.9 Å². The Kier molecular flexibility index (Phi) is 18.9. The second-order valence-corrected chi connectivity index (χ2v) is 12.6. The van der Waals surface area contributed by atoms with E-state index in [4.69, 9.17) is 29.4 Å². The number of aliphatic hydroxyl groups excluding tert-OH is 1. The Labute approximate surface area is 272 Å². The molecule has 13 nitrogen and oxygen atoms in total. The van der Waals surface area contributed by atoms with Crippen LogP contribution in [0.2, 0.25) is 0 Å². The van der Waals surface area contributed by atoms with Crippen LogP contribution in [0.4, 0.5) is 9.18 Å². The molecule has 0 aromatic heterocycles. The van der Waals surface area contributed by atoms with E-state index >= 15 is 0 Å². The number of hydrogen-bond acceptors (Lipinski definition) is 12. The first-order valence-electron chi connectivity index (χ1n) is 15.5. The molecule has 0 aliphatic rings. The zero-order valence-electron chi connectivity index (χ0n) is 28.4. The normalized spacial score (nSPS) is 13.3. The van der Waals surface area contributed by atoms with Gasteiger partial charge in [-0.1, -0.05) is 0 Å². The van der Waals surface area contributed by atoms with Crippen molar-refractivity contribution in [1.82, 2.24) is 10.2 Å². The van der Waals surface area contributed by atoms with Crippen LogP contribution in [0.3, 0.4) is 0 Å². The average Bonchev–Trinajstić information content (AvgIpc) is 2.95. The number of amides is 1. The molecule has 4 N–H and O–H groups in total. The third-order valence-corrected chi connectivity index (χ3v) is 6.05. The van der Waals surface area contributed by atoms with Crippen molar-refractivity contribution >= 4 is 18.0 Å². The van der Waals surface area contributed by atoms with Gasteiger partial charge in [-0.25, -0.2) is 14.0 Å². The molecule has 0 saturated heterocycles. The van der Waals surface area contributed by atoms with Gasteiger partial charge >= 0.3 is 18.0 Å². The van der Waals surface area contributed by atoms with E-state index < -0.39 is 47.3 Å². The molecular weight excluding hydrogens is 605 g/mol. The molecule has 1 aromatic carbocycles. The Morgan fingerprint density at radius 2 is 1.48 bits per heavy atom. The molecule has 0 radical (unpaired) electrons. The van der Waals surface area contributed by atoms with E-state index in [1.807, 2.05) is 0 Å². The zero-order valence-corrected chi connectivity index (χ0v) is 28.4. The van der Waals surface area contributed by atoms with Crippen molar-refractivity contribution in [3.8, 4) is 0 Å². The van der Waals surface area contributed by atoms with E-state index in [0.29, 0.717) is 59.0 Å². The zero-order chi connectivity index (χ0) is 34.8. The second kappa shape index (κ2) is 21.1. The molecule has 0 aliphatic heterocycles. The molecule has 0 aliphatic carbocycles. The summed E-state index contributed by atoms with van der Waals surface area (Å²) in [6, 6.07) is 2.90. The lowest BCUT2D eigenvalue weighted by Crippen LogP contribution is -2.49. The van der Waals surface area contributed by atoms with Crippen LogP contribution in [-0.2, 0) is 39.8 Å². The van der Waals surface area contributed by atoms with Gasteiger partial charge < -0.3 is 44.6 Å². The summed E-state index contributed by atoms with van der Waals surface area (Å²) in [5.74, 6) is -1.76. The quantitative estimate of drug-likeness (QED) is 0.0765. The Morgan fingerprint density at radius 1 is 0.913 bits per heavy atom. The molecule has 0 heterocycles. The first-order chi connectivity index (χ1) is 21.5. The van der Waals surface area contributed by atoms with Crippen molar-refractivity contribution in [2.75, 3.05) is 59.8 Å². The van der Waals surface area contributed by atoms with Gasteiger partial charge in [0.25, 0.3) is 0 Å². The van der Waals surface area contributed by atoms with Gasteiger partial charge in [0.05, 0.1) is 51.6 Å². The summed E-state index contributed by atoms with van der Waals surface area (Å²) in [5, 5.41) is 13.6. The van der Waals surface area contributed by atoms with E-state index in [0.717, 1.165) is 0 Å². The van der Waals surface area contributed by atoms with Crippen LogP contribution in [0, 0.1) is 5.82 Å². The monoisotopic (exact) mass is 659 g/mol.